The molecule has 8 nitrogen and oxygen atoms in total. The number of benzene rings is 1. The first kappa shape index (κ1) is 22.2. The molecule has 3 N–H and O–H groups in total. The number of carbonyl (C=O) groups is 2. The molecular formula is C21H27N3O5. The normalized spacial score (nSPS) is 13.2. The fourth-order valence-electron chi connectivity index (χ4n) is 2.79. The van der Waals surface area contributed by atoms with Gasteiger partial charge in [-0.1, -0.05) is 13.0 Å². The van der Waals surface area contributed by atoms with Gasteiger partial charge in [0, 0.05) is 32.2 Å². The van der Waals surface area contributed by atoms with Crippen LogP contribution in [0.25, 0.3) is 0 Å². The molecule has 8 heteroatoms. The van der Waals surface area contributed by atoms with E-state index in [-0.39, 0.29) is 11.1 Å². The maximum Gasteiger partial charge on any atom is 0.335 e. The van der Waals surface area contributed by atoms with Gasteiger partial charge in [0.2, 0.25) is 0 Å². The van der Waals surface area contributed by atoms with Crippen LogP contribution in [0.15, 0.2) is 36.7 Å². The molecule has 0 unspecified atom stereocenters. The van der Waals surface area contributed by atoms with Gasteiger partial charge < -0.3 is 25.2 Å². The molecule has 3 rings (SSSR count). The van der Waals surface area contributed by atoms with Gasteiger partial charge in [-0.3, -0.25) is 4.98 Å². The number of aryl methyl sites for hydroxylation is 1. The number of carboxylic acids is 2. The largest absolute Gasteiger partial charge is 0.492 e. The summed E-state index contributed by atoms with van der Waals surface area (Å²) in [5.41, 5.74) is 1.73. The standard InChI is InChI=1S/C12H19N3O.C9H8O4/c1-2-7-16-12-8-11(9-14-10-12)15-5-3-13-4-6-15;1-5-2-3-6(8(10)11)4-7(5)9(12)13/h8-10,13H,2-7H2,1H3;2-4H,1H3,(H,10,11)(H,12,13). The Morgan fingerprint density at radius 3 is 2.48 bits per heavy atom. The molecule has 156 valence electrons. The predicted octanol–water partition coefficient (Wildman–Crippen LogP) is 2.67. The third-order valence-corrected chi connectivity index (χ3v) is 4.37. The number of carboxylic acid groups (broad SMARTS) is 2. The number of rotatable bonds is 6. The molecule has 2 heterocycles. The molecule has 0 radical (unpaired) electrons. The van der Waals surface area contributed by atoms with E-state index in [0.29, 0.717) is 5.56 Å². The van der Waals surface area contributed by atoms with E-state index in [1.807, 2.05) is 6.20 Å². The van der Waals surface area contributed by atoms with Gasteiger partial charge in [0.1, 0.15) is 5.75 Å². The van der Waals surface area contributed by atoms with E-state index in [0.717, 1.165) is 56.7 Å². The number of hydrogen-bond acceptors (Lipinski definition) is 6. The van der Waals surface area contributed by atoms with Crippen molar-refractivity contribution >= 4 is 17.6 Å². The Balaban J connectivity index is 0.000000212. The fraction of sp³-hybridized carbons (Fsp3) is 0.381. The summed E-state index contributed by atoms with van der Waals surface area (Å²) in [5, 5.41) is 20.6. The number of pyridine rings is 1. The van der Waals surface area contributed by atoms with E-state index in [9.17, 15) is 9.59 Å². The third kappa shape index (κ3) is 6.76. The average molecular weight is 401 g/mol. The molecule has 1 aliphatic heterocycles. The van der Waals surface area contributed by atoms with Gasteiger partial charge in [-0.2, -0.15) is 0 Å². The zero-order chi connectivity index (χ0) is 21.2. The molecule has 0 bridgehead atoms. The van der Waals surface area contributed by atoms with Gasteiger partial charge in [-0.25, -0.2) is 9.59 Å². The molecule has 0 atom stereocenters. The Labute approximate surface area is 170 Å². The Hall–Kier alpha value is -3.13. The van der Waals surface area contributed by atoms with Gasteiger partial charge in [0.05, 0.1) is 35.8 Å². The van der Waals surface area contributed by atoms with Gasteiger partial charge in [-0.15, -0.1) is 0 Å². The molecule has 1 aromatic heterocycles. The van der Waals surface area contributed by atoms with Crippen LogP contribution in [0.1, 0.15) is 39.6 Å². The molecule has 1 aromatic carbocycles. The summed E-state index contributed by atoms with van der Waals surface area (Å²) in [4.78, 5) is 27.7. The van der Waals surface area contributed by atoms with Crippen LogP contribution in [-0.4, -0.2) is 59.9 Å². The maximum atomic E-state index is 10.6. The van der Waals surface area contributed by atoms with Crippen LogP contribution < -0.4 is 15.0 Å². The predicted molar refractivity (Wildman–Crippen MR) is 110 cm³/mol. The van der Waals surface area contributed by atoms with Crippen molar-refractivity contribution in [2.45, 2.75) is 20.3 Å². The van der Waals surface area contributed by atoms with Crippen LogP contribution in [0.5, 0.6) is 5.75 Å². The fourth-order valence-corrected chi connectivity index (χ4v) is 2.79. The van der Waals surface area contributed by atoms with Crippen LogP contribution in [0.3, 0.4) is 0 Å². The lowest BCUT2D eigenvalue weighted by Gasteiger charge is -2.29. The molecule has 29 heavy (non-hydrogen) atoms. The second kappa shape index (κ2) is 11.0. The van der Waals surface area contributed by atoms with Crippen LogP contribution in [-0.2, 0) is 0 Å². The molecule has 0 spiro atoms. The number of aromatic nitrogens is 1. The van der Waals surface area contributed by atoms with Crippen LogP contribution >= 0.6 is 0 Å². The minimum atomic E-state index is -1.12. The number of nitrogens with zero attached hydrogens (tertiary/aromatic N) is 2. The average Bonchev–Trinajstić information content (AvgIpc) is 2.73. The minimum absolute atomic E-state index is 0.0111. The lowest BCUT2D eigenvalue weighted by molar-refractivity contribution is 0.0695. The summed E-state index contributed by atoms with van der Waals surface area (Å²) < 4.78 is 5.58. The zero-order valence-corrected chi connectivity index (χ0v) is 16.7. The van der Waals surface area contributed by atoms with Crippen molar-refractivity contribution in [3.8, 4) is 5.75 Å². The zero-order valence-electron chi connectivity index (χ0n) is 16.7. The molecule has 2 aromatic rings. The molecule has 1 aliphatic rings. The Morgan fingerprint density at radius 2 is 1.86 bits per heavy atom. The highest BCUT2D eigenvalue weighted by Gasteiger charge is 2.12. The van der Waals surface area contributed by atoms with E-state index in [2.05, 4.69) is 28.2 Å². The van der Waals surface area contributed by atoms with Crippen molar-refractivity contribution in [2.24, 2.45) is 0 Å². The van der Waals surface area contributed by atoms with Crippen LogP contribution in [0.2, 0.25) is 0 Å². The summed E-state index contributed by atoms with van der Waals surface area (Å²) in [6, 6.07) is 6.09. The van der Waals surface area contributed by atoms with E-state index < -0.39 is 11.9 Å². The first-order chi connectivity index (χ1) is 13.9. The number of ether oxygens (including phenoxy) is 1. The first-order valence-corrected chi connectivity index (χ1v) is 9.53. The van der Waals surface area contributed by atoms with E-state index in [1.165, 1.54) is 12.1 Å². The van der Waals surface area contributed by atoms with Gasteiger partial charge in [0.15, 0.2) is 0 Å². The number of hydrogen-bond donors (Lipinski definition) is 3. The van der Waals surface area contributed by atoms with Gasteiger partial charge >= 0.3 is 11.9 Å². The summed E-state index contributed by atoms with van der Waals surface area (Å²) in [5.74, 6) is -1.36. The van der Waals surface area contributed by atoms with Crippen molar-refractivity contribution < 1.29 is 24.5 Å². The van der Waals surface area contributed by atoms with Crippen LogP contribution in [0.4, 0.5) is 5.69 Å². The topological polar surface area (TPSA) is 112 Å². The van der Waals surface area contributed by atoms with E-state index >= 15 is 0 Å². The van der Waals surface area contributed by atoms with E-state index in [1.54, 1.807) is 13.1 Å². The molecule has 1 fully saturated rings. The third-order valence-electron chi connectivity index (χ3n) is 4.37. The molecule has 0 aliphatic carbocycles. The summed E-state index contributed by atoms with van der Waals surface area (Å²) in [7, 11) is 0. The van der Waals surface area contributed by atoms with Crippen molar-refractivity contribution in [3.63, 3.8) is 0 Å². The molecule has 0 saturated carbocycles. The summed E-state index contributed by atoms with van der Waals surface area (Å²) >= 11 is 0. The number of aromatic carboxylic acids is 2. The lowest BCUT2D eigenvalue weighted by Crippen LogP contribution is -2.43. The highest BCUT2D eigenvalue weighted by atomic mass is 16.5. The smallest absolute Gasteiger partial charge is 0.335 e. The SMILES string of the molecule is CCCOc1cncc(N2CCNCC2)c1.Cc1ccc(C(=O)O)cc1C(=O)O. The number of anilines is 1. The molecule has 0 amide bonds. The summed E-state index contributed by atoms with van der Waals surface area (Å²) in [6.07, 6.45) is 4.71. The van der Waals surface area contributed by atoms with E-state index in [4.69, 9.17) is 14.9 Å². The van der Waals surface area contributed by atoms with Crippen molar-refractivity contribution in [1.29, 1.82) is 0 Å². The second-order valence-electron chi connectivity index (χ2n) is 6.60. The highest BCUT2D eigenvalue weighted by Crippen LogP contribution is 2.19. The monoisotopic (exact) mass is 401 g/mol. The van der Waals surface area contributed by atoms with Crippen molar-refractivity contribution in [3.05, 3.63) is 53.3 Å². The van der Waals surface area contributed by atoms with Crippen LogP contribution in [0, 0.1) is 6.92 Å². The quantitative estimate of drug-likeness (QED) is 0.677. The van der Waals surface area contributed by atoms with Gasteiger partial charge in [-0.05, 0) is 31.0 Å². The Morgan fingerprint density at radius 1 is 1.14 bits per heavy atom. The maximum absolute atomic E-state index is 10.6. The molecule has 1 saturated heterocycles. The van der Waals surface area contributed by atoms with Crippen molar-refractivity contribution in [2.75, 3.05) is 37.7 Å². The van der Waals surface area contributed by atoms with Gasteiger partial charge in [0.25, 0.3) is 0 Å². The van der Waals surface area contributed by atoms with Crippen molar-refractivity contribution in [1.82, 2.24) is 10.3 Å². The minimum Gasteiger partial charge on any atom is -0.492 e. The highest BCUT2D eigenvalue weighted by molar-refractivity contribution is 5.94. The summed E-state index contributed by atoms with van der Waals surface area (Å²) in [6.45, 7) is 8.65. The Bertz CT molecular complexity index is 835. The lowest BCUT2D eigenvalue weighted by atomic mass is 10.1. The number of piperazine rings is 1. The number of nitrogens with one attached hydrogen (secondary N) is 1. The second-order valence-corrected chi connectivity index (χ2v) is 6.60. The first-order valence-electron chi connectivity index (χ1n) is 9.53. The Kier molecular flexibility index (Phi) is 8.42. The molecular weight excluding hydrogens is 374 g/mol.